The van der Waals surface area contributed by atoms with Gasteiger partial charge in [0.15, 0.2) is 6.10 Å². The zero-order valence-electron chi connectivity index (χ0n) is 15.5. The van der Waals surface area contributed by atoms with Crippen LogP contribution < -0.4 is 15.6 Å². The maximum atomic E-state index is 12.9. The van der Waals surface area contributed by atoms with Gasteiger partial charge in [-0.2, -0.15) is 0 Å². The number of amides is 1. The topological polar surface area (TPSA) is 65.3 Å². The lowest BCUT2D eigenvalue weighted by Gasteiger charge is -2.14. The minimum atomic E-state index is -0.661. The molecule has 0 spiro atoms. The smallest absolute Gasteiger partial charge is 0.295 e. The molecule has 2 aromatic carbocycles. The SMILES string of the molecule is Cc1c(NC(=O)[C@H]2Oc3ccccc3[C@H]2C)c(=O)n(-c2ccccc2)n1C. The van der Waals surface area contributed by atoms with Crippen molar-refractivity contribution in [3.63, 3.8) is 0 Å². The number of rotatable bonds is 3. The Balaban J connectivity index is 1.65. The molecule has 0 saturated heterocycles. The van der Waals surface area contributed by atoms with Gasteiger partial charge in [-0.05, 0) is 25.1 Å². The van der Waals surface area contributed by atoms with Crippen molar-refractivity contribution in [3.05, 3.63) is 76.2 Å². The molecule has 6 nitrogen and oxygen atoms in total. The molecule has 1 N–H and O–H groups in total. The molecule has 0 radical (unpaired) electrons. The van der Waals surface area contributed by atoms with Crippen molar-refractivity contribution in [3.8, 4) is 11.4 Å². The van der Waals surface area contributed by atoms with E-state index < -0.39 is 6.10 Å². The van der Waals surface area contributed by atoms with Crippen molar-refractivity contribution in [1.82, 2.24) is 9.36 Å². The van der Waals surface area contributed by atoms with Crippen molar-refractivity contribution < 1.29 is 9.53 Å². The molecule has 0 unspecified atom stereocenters. The van der Waals surface area contributed by atoms with Crippen molar-refractivity contribution in [1.29, 1.82) is 0 Å². The lowest BCUT2D eigenvalue weighted by Crippen LogP contribution is -2.35. The van der Waals surface area contributed by atoms with E-state index in [4.69, 9.17) is 4.74 Å². The zero-order valence-corrected chi connectivity index (χ0v) is 15.5. The highest BCUT2D eigenvalue weighted by Crippen LogP contribution is 2.38. The van der Waals surface area contributed by atoms with Crippen LogP contribution in [0, 0.1) is 6.92 Å². The van der Waals surface area contributed by atoms with Gasteiger partial charge in [0, 0.05) is 18.5 Å². The van der Waals surface area contributed by atoms with Crippen LogP contribution in [0.4, 0.5) is 5.69 Å². The summed E-state index contributed by atoms with van der Waals surface area (Å²) in [4.78, 5) is 25.8. The van der Waals surface area contributed by atoms with Crippen LogP contribution in [0.2, 0.25) is 0 Å². The molecule has 138 valence electrons. The van der Waals surface area contributed by atoms with Gasteiger partial charge in [-0.15, -0.1) is 0 Å². The van der Waals surface area contributed by atoms with Gasteiger partial charge in [-0.25, -0.2) is 4.68 Å². The fraction of sp³-hybridized carbons (Fsp3) is 0.238. The van der Waals surface area contributed by atoms with E-state index in [1.54, 1.807) is 16.4 Å². The summed E-state index contributed by atoms with van der Waals surface area (Å²) in [6.07, 6.45) is -0.661. The molecule has 0 saturated carbocycles. The van der Waals surface area contributed by atoms with Crippen LogP contribution in [0.3, 0.4) is 0 Å². The van der Waals surface area contributed by atoms with Crippen LogP contribution >= 0.6 is 0 Å². The Labute approximate surface area is 157 Å². The highest BCUT2D eigenvalue weighted by atomic mass is 16.5. The predicted molar refractivity (Wildman–Crippen MR) is 104 cm³/mol. The van der Waals surface area contributed by atoms with Gasteiger partial charge in [0.1, 0.15) is 11.4 Å². The second-order valence-electron chi connectivity index (χ2n) is 6.79. The predicted octanol–water partition coefficient (Wildman–Crippen LogP) is 2.99. The maximum Gasteiger partial charge on any atom is 0.295 e. The quantitative estimate of drug-likeness (QED) is 0.778. The van der Waals surface area contributed by atoms with E-state index in [1.165, 1.54) is 0 Å². The third kappa shape index (κ3) is 2.73. The van der Waals surface area contributed by atoms with Crippen LogP contribution in [0.15, 0.2) is 59.4 Å². The maximum absolute atomic E-state index is 12.9. The number of aromatic nitrogens is 2. The number of ether oxygens (including phenoxy) is 1. The van der Waals surface area contributed by atoms with Gasteiger partial charge in [0.25, 0.3) is 11.5 Å². The summed E-state index contributed by atoms with van der Waals surface area (Å²) in [5.74, 6) is 0.322. The summed E-state index contributed by atoms with van der Waals surface area (Å²) in [7, 11) is 1.80. The number of para-hydroxylation sites is 2. The van der Waals surface area contributed by atoms with Crippen molar-refractivity contribution >= 4 is 11.6 Å². The molecule has 27 heavy (non-hydrogen) atoms. The molecular formula is C21H21N3O3. The van der Waals surface area contributed by atoms with Gasteiger partial charge >= 0.3 is 0 Å². The number of fused-ring (bicyclic) bond motifs is 1. The number of anilines is 1. The highest BCUT2D eigenvalue weighted by Gasteiger charge is 2.36. The Hall–Kier alpha value is -3.28. The summed E-state index contributed by atoms with van der Waals surface area (Å²) >= 11 is 0. The number of carbonyl (C=O) groups excluding carboxylic acids is 1. The minimum Gasteiger partial charge on any atom is -0.480 e. The molecule has 2 atom stereocenters. The average molecular weight is 363 g/mol. The molecule has 1 aromatic heterocycles. The number of benzene rings is 2. The Morgan fingerprint density at radius 3 is 2.44 bits per heavy atom. The van der Waals surface area contributed by atoms with E-state index in [0.29, 0.717) is 5.69 Å². The van der Waals surface area contributed by atoms with Crippen molar-refractivity contribution in [2.75, 3.05) is 5.32 Å². The van der Waals surface area contributed by atoms with Crippen LogP contribution in [-0.4, -0.2) is 21.4 Å². The van der Waals surface area contributed by atoms with E-state index in [2.05, 4.69) is 5.32 Å². The fourth-order valence-electron chi connectivity index (χ4n) is 3.55. The average Bonchev–Trinajstić information content (AvgIpc) is 3.12. The van der Waals surface area contributed by atoms with E-state index in [9.17, 15) is 9.59 Å². The van der Waals surface area contributed by atoms with Crippen LogP contribution in [0.1, 0.15) is 24.1 Å². The number of carbonyl (C=O) groups is 1. The second-order valence-corrected chi connectivity index (χ2v) is 6.79. The van der Waals surface area contributed by atoms with E-state index in [0.717, 1.165) is 17.0 Å². The van der Waals surface area contributed by atoms with Gasteiger partial charge in [-0.1, -0.05) is 43.3 Å². The third-order valence-corrected chi connectivity index (χ3v) is 5.18. The summed E-state index contributed by atoms with van der Waals surface area (Å²) in [6.45, 7) is 3.76. The summed E-state index contributed by atoms with van der Waals surface area (Å²) < 4.78 is 9.10. The Kier molecular flexibility index (Phi) is 4.11. The first-order valence-electron chi connectivity index (χ1n) is 8.89. The largest absolute Gasteiger partial charge is 0.480 e. The van der Waals surface area contributed by atoms with Crippen LogP contribution in [0.5, 0.6) is 5.75 Å². The molecule has 4 rings (SSSR count). The van der Waals surface area contributed by atoms with E-state index in [-0.39, 0.29) is 23.1 Å². The zero-order chi connectivity index (χ0) is 19.1. The summed E-state index contributed by atoms with van der Waals surface area (Å²) in [5, 5.41) is 2.80. The monoisotopic (exact) mass is 363 g/mol. The first kappa shape index (κ1) is 17.1. The lowest BCUT2D eigenvalue weighted by atomic mass is 9.97. The lowest BCUT2D eigenvalue weighted by molar-refractivity contribution is -0.122. The van der Waals surface area contributed by atoms with Gasteiger partial charge in [-0.3, -0.25) is 14.3 Å². The first-order valence-corrected chi connectivity index (χ1v) is 8.89. The van der Waals surface area contributed by atoms with Crippen LogP contribution in [0.25, 0.3) is 5.69 Å². The molecule has 0 bridgehead atoms. The standard InChI is InChI=1S/C21H21N3O3/c1-13-16-11-7-8-12-17(16)27-19(13)20(25)22-18-14(2)23(3)24(21(18)26)15-9-5-4-6-10-15/h4-13,19H,1-3H3,(H,22,25)/t13-,19+/m1/s1. The number of nitrogens with one attached hydrogen (secondary N) is 1. The molecule has 1 aliphatic rings. The molecular weight excluding hydrogens is 342 g/mol. The summed E-state index contributed by atoms with van der Waals surface area (Å²) in [6, 6.07) is 17.0. The van der Waals surface area contributed by atoms with Crippen molar-refractivity contribution in [2.24, 2.45) is 7.05 Å². The van der Waals surface area contributed by atoms with Gasteiger partial charge in [0.2, 0.25) is 0 Å². The first-order chi connectivity index (χ1) is 13.0. The van der Waals surface area contributed by atoms with Crippen molar-refractivity contribution in [2.45, 2.75) is 25.9 Å². The molecule has 3 aromatic rings. The van der Waals surface area contributed by atoms with Gasteiger partial charge < -0.3 is 10.1 Å². The minimum absolute atomic E-state index is 0.0819. The summed E-state index contributed by atoms with van der Waals surface area (Å²) in [5.41, 5.74) is 2.44. The second kappa shape index (κ2) is 6.46. The van der Waals surface area contributed by atoms with Gasteiger partial charge in [0.05, 0.1) is 11.4 Å². The molecule has 6 heteroatoms. The normalized spacial score (nSPS) is 18.0. The van der Waals surface area contributed by atoms with Crippen LogP contribution in [-0.2, 0) is 11.8 Å². The number of nitrogens with zero attached hydrogens (tertiary/aromatic N) is 2. The van der Waals surface area contributed by atoms with E-state index in [1.807, 2.05) is 68.4 Å². The number of hydrogen-bond donors (Lipinski definition) is 1. The Bertz CT molecular complexity index is 1070. The highest BCUT2D eigenvalue weighted by molar-refractivity contribution is 5.96. The number of hydrogen-bond acceptors (Lipinski definition) is 3. The fourth-order valence-corrected chi connectivity index (χ4v) is 3.55. The molecule has 0 aliphatic carbocycles. The van der Waals surface area contributed by atoms with E-state index >= 15 is 0 Å². The molecule has 2 heterocycles. The third-order valence-electron chi connectivity index (χ3n) is 5.18. The Morgan fingerprint density at radius 1 is 1.07 bits per heavy atom. The Morgan fingerprint density at radius 2 is 1.74 bits per heavy atom. The molecule has 1 amide bonds. The molecule has 1 aliphatic heterocycles. The molecule has 0 fully saturated rings.